The molecule has 0 aliphatic carbocycles. The molecule has 1 aromatic heterocycles. The number of aliphatic hydroxyl groups is 1. The van der Waals surface area contributed by atoms with Gasteiger partial charge in [-0.2, -0.15) is 0 Å². The Bertz CT molecular complexity index is 498. The maximum absolute atomic E-state index is 10.0. The predicted molar refractivity (Wildman–Crippen MR) is 81.9 cm³/mol. The lowest BCUT2D eigenvalue weighted by Gasteiger charge is -2.25. The minimum atomic E-state index is -0.517. The van der Waals surface area contributed by atoms with Crippen molar-refractivity contribution in [2.75, 3.05) is 20.2 Å². The average Bonchev–Trinajstić information content (AvgIpc) is 3.01. The van der Waals surface area contributed by atoms with E-state index >= 15 is 0 Å². The first-order valence-electron chi connectivity index (χ1n) is 7.20. The van der Waals surface area contributed by atoms with Gasteiger partial charge in [0.1, 0.15) is 5.76 Å². The van der Waals surface area contributed by atoms with Gasteiger partial charge in [-0.25, -0.2) is 0 Å². The predicted octanol–water partition coefficient (Wildman–Crippen LogP) is 2.85. The first kappa shape index (κ1) is 15.8. The highest BCUT2D eigenvalue weighted by Gasteiger charge is 2.17. The number of benzene rings is 1. The molecule has 0 spiro atoms. The number of nitrogens with zero attached hydrogens (tertiary/aromatic N) is 1. The minimum absolute atomic E-state index is 0.128. The first-order chi connectivity index (χ1) is 10.2. The van der Waals surface area contributed by atoms with Crippen molar-refractivity contribution in [2.24, 2.45) is 0 Å². The molecule has 0 aliphatic heterocycles. The van der Waals surface area contributed by atoms with Crippen LogP contribution in [0.2, 0.25) is 0 Å². The molecule has 0 saturated heterocycles. The Labute approximate surface area is 126 Å². The van der Waals surface area contributed by atoms with E-state index in [1.165, 1.54) is 0 Å². The number of furan rings is 1. The molecule has 114 valence electrons. The molecule has 0 aliphatic rings. The van der Waals surface area contributed by atoms with E-state index in [9.17, 15) is 5.11 Å². The second-order valence-electron chi connectivity index (χ2n) is 5.29. The Morgan fingerprint density at radius 2 is 1.95 bits per heavy atom. The summed E-state index contributed by atoms with van der Waals surface area (Å²) >= 11 is 0. The number of hydrogen-bond donors (Lipinski definition) is 1. The summed E-state index contributed by atoms with van der Waals surface area (Å²) in [5, 5.41) is 10.0. The van der Waals surface area contributed by atoms with Crippen LogP contribution in [0.4, 0.5) is 0 Å². The average molecular weight is 289 g/mol. The standard InChI is InChI=1S/C17H23NO3/c1-14(17-9-6-10-21-17)18(2)11-16(19)13-20-12-15-7-4-3-5-8-15/h3-10,14,16,19H,11-13H2,1-2H3. The van der Waals surface area contributed by atoms with E-state index in [0.29, 0.717) is 19.8 Å². The molecule has 2 rings (SSSR count). The smallest absolute Gasteiger partial charge is 0.120 e. The van der Waals surface area contributed by atoms with E-state index in [-0.39, 0.29) is 6.04 Å². The Hall–Kier alpha value is -1.62. The molecule has 1 heterocycles. The van der Waals surface area contributed by atoms with Crippen molar-refractivity contribution in [3.63, 3.8) is 0 Å². The van der Waals surface area contributed by atoms with E-state index in [1.807, 2.05) is 49.5 Å². The number of rotatable bonds is 8. The van der Waals surface area contributed by atoms with Gasteiger partial charge in [0.05, 0.1) is 31.6 Å². The SMILES string of the molecule is CC(c1ccco1)N(C)CC(O)COCc1ccccc1. The van der Waals surface area contributed by atoms with Gasteiger partial charge in [-0.3, -0.25) is 4.90 Å². The van der Waals surface area contributed by atoms with Crippen molar-refractivity contribution in [2.45, 2.75) is 25.7 Å². The van der Waals surface area contributed by atoms with E-state index in [1.54, 1.807) is 6.26 Å². The molecule has 0 saturated carbocycles. The van der Waals surface area contributed by atoms with Crippen LogP contribution >= 0.6 is 0 Å². The lowest BCUT2D eigenvalue weighted by Crippen LogP contribution is -2.33. The van der Waals surface area contributed by atoms with Crippen LogP contribution in [0.15, 0.2) is 53.1 Å². The summed E-state index contributed by atoms with van der Waals surface area (Å²) in [6, 6.07) is 13.9. The van der Waals surface area contributed by atoms with E-state index in [0.717, 1.165) is 11.3 Å². The van der Waals surface area contributed by atoms with Crippen molar-refractivity contribution in [3.8, 4) is 0 Å². The maximum Gasteiger partial charge on any atom is 0.120 e. The molecule has 1 aromatic carbocycles. The highest BCUT2D eigenvalue weighted by Crippen LogP contribution is 2.18. The molecule has 2 atom stereocenters. The third kappa shape index (κ3) is 5.01. The molecule has 2 aromatic rings. The van der Waals surface area contributed by atoms with Crippen LogP contribution in [0, 0.1) is 0 Å². The van der Waals surface area contributed by atoms with Gasteiger partial charge in [-0.05, 0) is 31.7 Å². The van der Waals surface area contributed by atoms with Crippen LogP contribution in [-0.4, -0.2) is 36.3 Å². The number of ether oxygens (including phenoxy) is 1. The largest absolute Gasteiger partial charge is 0.468 e. The molecule has 2 unspecified atom stereocenters. The Morgan fingerprint density at radius 3 is 2.62 bits per heavy atom. The van der Waals surface area contributed by atoms with Crippen LogP contribution in [0.5, 0.6) is 0 Å². The molecular formula is C17H23NO3. The fourth-order valence-electron chi connectivity index (χ4n) is 2.18. The zero-order chi connectivity index (χ0) is 15.1. The minimum Gasteiger partial charge on any atom is -0.468 e. The normalized spacial score (nSPS) is 14.3. The number of likely N-dealkylation sites (N-methyl/N-ethyl adjacent to an activating group) is 1. The van der Waals surface area contributed by atoms with Crippen molar-refractivity contribution in [3.05, 3.63) is 60.1 Å². The van der Waals surface area contributed by atoms with Crippen LogP contribution in [0.1, 0.15) is 24.3 Å². The summed E-state index contributed by atoms with van der Waals surface area (Å²) in [7, 11) is 1.97. The first-order valence-corrected chi connectivity index (χ1v) is 7.20. The fourth-order valence-corrected chi connectivity index (χ4v) is 2.18. The summed E-state index contributed by atoms with van der Waals surface area (Å²) in [6.45, 7) is 3.44. The fraction of sp³-hybridized carbons (Fsp3) is 0.412. The molecule has 0 fully saturated rings. The van der Waals surface area contributed by atoms with Crippen molar-refractivity contribution >= 4 is 0 Å². The van der Waals surface area contributed by atoms with Gasteiger partial charge >= 0.3 is 0 Å². The van der Waals surface area contributed by atoms with Gasteiger partial charge in [0.25, 0.3) is 0 Å². The van der Waals surface area contributed by atoms with E-state index in [4.69, 9.17) is 9.15 Å². The summed E-state index contributed by atoms with van der Waals surface area (Å²) in [6.07, 6.45) is 1.15. The lowest BCUT2D eigenvalue weighted by atomic mass is 10.2. The van der Waals surface area contributed by atoms with Crippen LogP contribution in [-0.2, 0) is 11.3 Å². The second-order valence-corrected chi connectivity index (χ2v) is 5.29. The summed E-state index contributed by atoms with van der Waals surface area (Å²) in [4.78, 5) is 2.05. The third-order valence-corrected chi connectivity index (χ3v) is 3.54. The topological polar surface area (TPSA) is 45.8 Å². The Kier molecular flexibility index (Phi) is 5.99. The van der Waals surface area contributed by atoms with Gasteiger partial charge < -0.3 is 14.3 Å². The molecule has 4 heteroatoms. The second kappa shape index (κ2) is 7.98. The van der Waals surface area contributed by atoms with E-state index in [2.05, 4.69) is 11.8 Å². The molecule has 0 bridgehead atoms. The summed E-state index contributed by atoms with van der Waals surface area (Å²) < 4.78 is 10.9. The Morgan fingerprint density at radius 1 is 1.19 bits per heavy atom. The van der Waals surface area contributed by atoms with Crippen LogP contribution < -0.4 is 0 Å². The van der Waals surface area contributed by atoms with Crippen molar-refractivity contribution < 1.29 is 14.3 Å². The van der Waals surface area contributed by atoms with Gasteiger partial charge in [0, 0.05) is 6.54 Å². The van der Waals surface area contributed by atoms with Gasteiger partial charge in [0.2, 0.25) is 0 Å². The molecule has 4 nitrogen and oxygen atoms in total. The third-order valence-electron chi connectivity index (χ3n) is 3.54. The quantitative estimate of drug-likeness (QED) is 0.811. The maximum atomic E-state index is 10.0. The lowest BCUT2D eigenvalue weighted by molar-refractivity contribution is 0.00726. The molecule has 21 heavy (non-hydrogen) atoms. The van der Waals surface area contributed by atoms with Crippen molar-refractivity contribution in [1.82, 2.24) is 4.90 Å². The number of hydrogen-bond acceptors (Lipinski definition) is 4. The monoisotopic (exact) mass is 289 g/mol. The van der Waals surface area contributed by atoms with Gasteiger partial charge in [0.15, 0.2) is 0 Å². The highest BCUT2D eigenvalue weighted by atomic mass is 16.5. The van der Waals surface area contributed by atoms with Gasteiger partial charge in [-0.15, -0.1) is 0 Å². The number of aliphatic hydroxyl groups excluding tert-OH is 1. The van der Waals surface area contributed by atoms with Gasteiger partial charge in [-0.1, -0.05) is 30.3 Å². The highest BCUT2D eigenvalue weighted by molar-refractivity contribution is 5.13. The summed E-state index contributed by atoms with van der Waals surface area (Å²) in [5.74, 6) is 0.898. The van der Waals surface area contributed by atoms with E-state index < -0.39 is 6.10 Å². The van der Waals surface area contributed by atoms with Crippen LogP contribution in [0.3, 0.4) is 0 Å². The zero-order valence-electron chi connectivity index (χ0n) is 12.6. The Balaban J connectivity index is 1.70. The van der Waals surface area contributed by atoms with Crippen LogP contribution in [0.25, 0.3) is 0 Å². The molecular weight excluding hydrogens is 266 g/mol. The summed E-state index contributed by atoms with van der Waals surface area (Å²) in [5.41, 5.74) is 1.11. The zero-order valence-corrected chi connectivity index (χ0v) is 12.6. The molecule has 0 radical (unpaired) electrons. The molecule has 1 N–H and O–H groups in total. The van der Waals surface area contributed by atoms with Crippen molar-refractivity contribution in [1.29, 1.82) is 0 Å². The molecule has 0 amide bonds.